The molecule has 10 heteroatoms. The molecule has 0 bridgehead atoms. The molecule has 0 spiro atoms. The molecule has 238 valence electrons. The van der Waals surface area contributed by atoms with Crippen LogP contribution in [0.1, 0.15) is 39.7 Å². The van der Waals surface area contributed by atoms with Crippen LogP contribution in [0.2, 0.25) is 5.02 Å². The van der Waals surface area contributed by atoms with Crippen LogP contribution in [0.4, 0.5) is 10.8 Å². The Kier molecular flexibility index (Phi) is 11.3. The van der Waals surface area contributed by atoms with E-state index in [-0.39, 0.29) is 11.6 Å². The van der Waals surface area contributed by atoms with Gasteiger partial charge in [0.1, 0.15) is 5.70 Å². The molecule has 0 aliphatic carbocycles. The van der Waals surface area contributed by atoms with E-state index in [2.05, 4.69) is 16.0 Å². The van der Waals surface area contributed by atoms with Gasteiger partial charge in [0.2, 0.25) is 5.91 Å². The molecule has 0 saturated carbocycles. The van der Waals surface area contributed by atoms with Gasteiger partial charge in [0.15, 0.2) is 5.13 Å². The summed E-state index contributed by atoms with van der Waals surface area (Å²) >= 11 is 9.02. The summed E-state index contributed by atoms with van der Waals surface area (Å²) < 4.78 is 0. The monoisotopic (exact) mass is 680 g/mol. The van der Waals surface area contributed by atoms with Crippen molar-refractivity contribution >= 4 is 69.3 Å². The molecule has 0 fully saturated rings. The lowest BCUT2D eigenvalue weighted by atomic mass is 10.1. The van der Waals surface area contributed by atoms with E-state index in [4.69, 9.17) is 16.6 Å². The Labute approximate surface area is 287 Å². The second kappa shape index (κ2) is 15.7. The van der Waals surface area contributed by atoms with E-state index in [1.54, 1.807) is 66.7 Å². The first-order chi connectivity index (χ1) is 22.7. The molecule has 1 unspecified atom stereocenters. The van der Waals surface area contributed by atoms with Crippen LogP contribution in [0.25, 0.3) is 17.3 Å². The van der Waals surface area contributed by atoms with Gasteiger partial charge in [-0.1, -0.05) is 84.8 Å². The van der Waals surface area contributed by atoms with Crippen molar-refractivity contribution in [1.29, 1.82) is 0 Å². The molecular weight excluding hydrogens is 648 g/mol. The summed E-state index contributed by atoms with van der Waals surface area (Å²) in [7, 11) is 0. The quantitative estimate of drug-likeness (QED) is 0.0955. The first kappa shape index (κ1) is 33.7. The Bertz CT molecular complexity index is 1920. The number of aryl methyl sites for hydroxylation is 2. The molecular formula is C37H33ClN4O3S2. The third-order valence-electron chi connectivity index (χ3n) is 7.07. The highest BCUT2D eigenvalue weighted by atomic mass is 35.5. The molecule has 1 aromatic heterocycles. The van der Waals surface area contributed by atoms with Gasteiger partial charge in [0.25, 0.3) is 11.8 Å². The first-order valence-corrected chi connectivity index (χ1v) is 17.0. The summed E-state index contributed by atoms with van der Waals surface area (Å²) in [5, 5.41) is 9.29. The van der Waals surface area contributed by atoms with Gasteiger partial charge in [-0.25, -0.2) is 4.98 Å². The second-order valence-electron chi connectivity index (χ2n) is 10.7. The predicted molar refractivity (Wildman–Crippen MR) is 194 cm³/mol. The van der Waals surface area contributed by atoms with E-state index in [0.717, 1.165) is 21.0 Å². The minimum atomic E-state index is -0.510. The van der Waals surface area contributed by atoms with Gasteiger partial charge in [-0.15, -0.1) is 23.1 Å². The fraction of sp³-hybridized carbons (Fsp3) is 0.135. The number of carbonyl (C=O) groups is 3. The van der Waals surface area contributed by atoms with E-state index >= 15 is 0 Å². The number of anilines is 2. The summed E-state index contributed by atoms with van der Waals surface area (Å²) in [5.74, 6) is -1.08. The van der Waals surface area contributed by atoms with Crippen molar-refractivity contribution in [1.82, 2.24) is 10.3 Å². The third-order valence-corrected chi connectivity index (χ3v) is 9.55. The van der Waals surface area contributed by atoms with Crippen LogP contribution in [0.15, 0.2) is 114 Å². The Morgan fingerprint density at radius 2 is 1.64 bits per heavy atom. The molecule has 3 amide bonds. The maximum absolute atomic E-state index is 13.5. The van der Waals surface area contributed by atoms with E-state index in [9.17, 15) is 14.4 Å². The van der Waals surface area contributed by atoms with Crippen molar-refractivity contribution < 1.29 is 14.4 Å². The lowest BCUT2D eigenvalue weighted by molar-refractivity contribution is -0.116. The molecule has 3 N–H and O–H groups in total. The first-order valence-electron chi connectivity index (χ1n) is 15.0. The van der Waals surface area contributed by atoms with Gasteiger partial charge in [-0.3, -0.25) is 14.4 Å². The van der Waals surface area contributed by atoms with Crippen molar-refractivity contribution in [2.24, 2.45) is 0 Å². The number of hydrogen-bond donors (Lipinski definition) is 3. The number of rotatable bonds is 11. The van der Waals surface area contributed by atoms with Crippen LogP contribution >= 0.6 is 34.7 Å². The largest absolute Gasteiger partial charge is 0.321 e. The van der Waals surface area contributed by atoms with Gasteiger partial charge in [0.05, 0.1) is 10.9 Å². The number of amides is 3. The van der Waals surface area contributed by atoms with Crippen molar-refractivity contribution in [2.75, 3.05) is 10.6 Å². The average Bonchev–Trinajstić information content (AvgIpc) is 3.43. The van der Waals surface area contributed by atoms with Crippen LogP contribution in [0.3, 0.4) is 0 Å². The van der Waals surface area contributed by atoms with Gasteiger partial charge < -0.3 is 16.0 Å². The standard InChI is InChI=1S/C37H33ClN4O3S2/c1-4-32(36(45)42-37-41-33(24(3)46-37)26-18-16-23(2)17-19-26)47-30-15-9-14-29(22-30)39-35(44)31(21-25-10-8-13-28(38)20-25)40-34(43)27-11-6-5-7-12-27/h5-22,32H,4H2,1-3H3,(H,39,44)(H,40,43)(H,41,42,45)/b31-21-. The Morgan fingerprint density at radius 3 is 2.36 bits per heavy atom. The molecule has 1 heterocycles. The molecule has 0 aliphatic rings. The van der Waals surface area contributed by atoms with E-state index < -0.39 is 17.1 Å². The number of halogens is 1. The summed E-state index contributed by atoms with van der Waals surface area (Å²) in [6, 6.07) is 31.1. The van der Waals surface area contributed by atoms with Crippen molar-refractivity contribution in [2.45, 2.75) is 37.3 Å². The maximum Gasteiger partial charge on any atom is 0.272 e. The van der Waals surface area contributed by atoms with E-state index in [1.807, 2.05) is 63.2 Å². The smallest absolute Gasteiger partial charge is 0.272 e. The van der Waals surface area contributed by atoms with Crippen molar-refractivity contribution in [3.8, 4) is 11.3 Å². The molecule has 0 aliphatic heterocycles. The second-order valence-corrected chi connectivity index (χ2v) is 13.6. The van der Waals surface area contributed by atoms with Crippen LogP contribution < -0.4 is 16.0 Å². The van der Waals surface area contributed by atoms with E-state index in [0.29, 0.717) is 33.4 Å². The number of thiazole rings is 1. The summed E-state index contributed by atoms with van der Waals surface area (Å²) in [6.45, 7) is 5.99. The van der Waals surface area contributed by atoms with Gasteiger partial charge >= 0.3 is 0 Å². The van der Waals surface area contributed by atoms with Crippen molar-refractivity contribution in [3.05, 3.63) is 135 Å². The highest BCUT2D eigenvalue weighted by Crippen LogP contribution is 2.33. The highest BCUT2D eigenvalue weighted by Gasteiger charge is 2.21. The molecule has 1 atom stereocenters. The van der Waals surface area contributed by atoms with Crippen LogP contribution in [-0.4, -0.2) is 28.0 Å². The maximum atomic E-state index is 13.5. The highest BCUT2D eigenvalue weighted by molar-refractivity contribution is 8.00. The van der Waals surface area contributed by atoms with Crippen LogP contribution in [0.5, 0.6) is 0 Å². The number of nitrogens with one attached hydrogen (secondary N) is 3. The normalized spacial score (nSPS) is 11.9. The minimum absolute atomic E-state index is 0.0498. The number of thioether (sulfide) groups is 1. The fourth-order valence-electron chi connectivity index (χ4n) is 4.65. The lowest BCUT2D eigenvalue weighted by Crippen LogP contribution is -2.30. The molecule has 7 nitrogen and oxygen atoms in total. The Balaban J connectivity index is 1.28. The Hall–Kier alpha value is -4.70. The molecule has 47 heavy (non-hydrogen) atoms. The van der Waals surface area contributed by atoms with Gasteiger partial charge in [-0.05, 0) is 74.4 Å². The minimum Gasteiger partial charge on any atom is -0.321 e. The van der Waals surface area contributed by atoms with Gasteiger partial charge in [-0.2, -0.15) is 0 Å². The number of benzene rings is 4. The molecule has 4 aromatic carbocycles. The number of nitrogens with zero attached hydrogens (tertiary/aromatic N) is 1. The van der Waals surface area contributed by atoms with Crippen LogP contribution in [-0.2, 0) is 9.59 Å². The van der Waals surface area contributed by atoms with Gasteiger partial charge in [0, 0.05) is 31.6 Å². The summed E-state index contributed by atoms with van der Waals surface area (Å²) in [6.07, 6.45) is 2.16. The number of aromatic nitrogens is 1. The SMILES string of the molecule is CCC(Sc1cccc(NC(=O)/C(=C/c2cccc(Cl)c2)NC(=O)c2ccccc2)c1)C(=O)Nc1nc(-c2ccc(C)cc2)c(C)s1. The van der Waals surface area contributed by atoms with Crippen molar-refractivity contribution in [3.63, 3.8) is 0 Å². The molecule has 0 saturated heterocycles. The van der Waals surface area contributed by atoms with E-state index in [1.165, 1.54) is 28.7 Å². The fourth-order valence-corrected chi connectivity index (χ4v) is 6.70. The summed E-state index contributed by atoms with van der Waals surface area (Å²) in [4.78, 5) is 46.3. The predicted octanol–water partition coefficient (Wildman–Crippen LogP) is 9.00. The third kappa shape index (κ3) is 9.19. The summed E-state index contributed by atoms with van der Waals surface area (Å²) in [5.41, 5.74) is 4.67. The van der Waals surface area contributed by atoms with Crippen LogP contribution in [0, 0.1) is 13.8 Å². The number of carbonyl (C=O) groups excluding carboxylic acids is 3. The zero-order chi connectivity index (χ0) is 33.3. The topological polar surface area (TPSA) is 100 Å². The molecule has 5 aromatic rings. The average molecular weight is 681 g/mol. The Morgan fingerprint density at radius 1 is 0.894 bits per heavy atom. The zero-order valence-corrected chi connectivity index (χ0v) is 28.4. The zero-order valence-electron chi connectivity index (χ0n) is 26.0. The lowest BCUT2D eigenvalue weighted by Gasteiger charge is -2.15. The molecule has 5 rings (SSSR count). The molecule has 0 radical (unpaired) electrons. The number of hydrogen-bond acceptors (Lipinski definition) is 6.